The first-order valence-corrected chi connectivity index (χ1v) is 3.87. The van der Waals surface area contributed by atoms with Crippen LogP contribution in [-0.2, 0) is 4.74 Å². The van der Waals surface area contributed by atoms with E-state index in [1.54, 1.807) is 13.7 Å². The van der Waals surface area contributed by atoms with Gasteiger partial charge in [-0.15, -0.1) is 0 Å². The average molecular weight is 164 g/mol. The predicted molar refractivity (Wildman–Crippen MR) is 51.2 cm³/mol. The van der Waals surface area contributed by atoms with E-state index >= 15 is 0 Å². The van der Waals surface area contributed by atoms with Crippen LogP contribution in [0.3, 0.4) is 0 Å². The van der Waals surface area contributed by atoms with Crippen LogP contribution in [-0.4, -0.2) is 21.2 Å². The minimum Gasteiger partial charge on any atom is -0.378 e. The maximum Gasteiger partial charge on any atom is 0.112 e. The minimum absolute atomic E-state index is 1.09. The van der Waals surface area contributed by atoms with Crippen molar-refractivity contribution in [2.45, 2.75) is 0 Å². The smallest absolute Gasteiger partial charge is 0.112 e. The summed E-state index contributed by atoms with van der Waals surface area (Å²) >= 11 is 0. The second-order valence-corrected chi connectivity index (χ2v) is 2.84. The summed E-state index contributed by atoms with van der Waals surface area (Å²) in [6.07, 6.45) is 0. The van der Waals surface area contributed by atoms with Crippen LogP contribution >= 0.6 is 0 Å². The molecule has 0 aliphatic carbocycles. The quantitative estimate of drug-likeness (QED) is 0.676. The van der Waals surface area contributed by atoms with Crippen molar-refractivity contribution in [3.8, 4) is 0 Å². The van der Waals surface area contributed by atoms with Gasteiger partial charge in [-0.3, -0.25) is 0 Å². The Hall–Kier alpha value is -1.02. The summed E-state index contributed by atoms with van der Waals surface area (Å²) in [7, 11) is 5.70. The third-order valence-corrected chi connectivity index (χ3v) is 1.66. The van der Waals surface area contributed by atoms with Crippen LogP contribution in [0.4, 0.5) is 5.69 Å². The zero-order chi connectivity index (χ0) is 8.97. The molecule has 0 unspecified atom stereocenters. The zero-order valence-electron chi connectivity index (χ0n) is 7.74. The lowest BCUT2D eigenvalue weighted by Gasteiger charge is -2.12. The first-order valence-electron chi connectivity index (χ1n) is 3.87. The third kappa shape index (κ3) is 2.24. The van der Waals surface area contributed by atoms with Crippen molar-refractivity contribution in [1.82, 2.24) is 0 Å². The second kappa shape index (κ2) is 4.12. The molecule has 0 N–H and O–H groups in total. The van der Waals surface area contributed by atoms with Gasteiger partial charge in [-0.2, -0.15) is 0 Å². The van der Waals surface area contributed by atoms with Crippen LogP contribution in [0.15, 0.2) is 24.3 Å². The molecule has 2 nitrogen and oxygen atoms in total. The number of hydrogen-bond donors (Lipinski definition) is 0. The Labute approximate surface area is 73.8 Å². The summed E-state index contributed by atoms with van der Waals surface area (Å²) < 4.78 is 4.89. The van der Waals surface area contributed by atoms with Gasteiger partial charge in [-0.1, -0.05) is 12.1 Å². The highest BCUT2D eigenvalue weighted by Gasteiger charge is 1.95. The molecule has 0 heterocycles. The lowest BCUT2D eigenvalue weighted by molar-refractivity contribution is 0.292. The second-order valence-electron chi connectivity index (χ2n) is 2.84. The van der Waals surface area contributed by atoms with Crippen molar-refractivity contribution in [3.63, 3.8) is 0 Å². The Bertz CT molecular complexity index is 228. The summed E-state index contributed by atoms with van der Waals surface area (Å²) in [4.78, 5) is 2.07. The molecule has 0 aliphatic heterocycles. The van der Waals surface area contributed by atoms with Gasteiger partial charge in [0, 0.05) is 26.9 Å². The third-order valence-electron chi connectivity index (χ3n) is 1.66. The molecule has 0 saturated heterocycles. The summed E-state index contributed by atoms with van der Waals surface area (Å²) in [6, 6.07) is 8.17. The topological polar surface area (TPSA) is 12.5 Å². The van der Waals surface area contributed by atoms with Crippen molar-refractivity contribution in [3.05, 3.63) is 36.4 Å². The number of ether oxygens (including phenoxy) is 1. The van der Waals surface area contributed by atoms with Crippen LogP contribution in [0.5, 0.6) is 0 Å². The summed E-state index contributed by atoms with van der Waals surface area (Å²) in [6.45, 7) is 1.72. The fourth-order valence-electron chi connectivity index (χ4n) is 0.987. The standard InChI is InChI=1S/C10H14NO/c1-11(2)10-6-4-9(5-7-10)8-12-3/h4-8H,1-3H3. The van der Waals surface area contributed by atoms with E-state index in [0.29, 0.717) is 0 Å². The number of hydrogen-bond acceptors (Lipinski definition) is 2. The Balaban J connectivity index is 2.71. The number of methoxy groups -OCH3 is 1. The molecule has 0 amide bonds. The van der Waals surface area contributed by atoms with E-state index in [4.69, 9.17) is 4.74 Å². The number of benzene rings is 1. The van der Waals surface area contributed by atoms with Crippen molar-refractivity contribution in [2.24, 2.45) is 0 Å². The van der Waals surface area contributed by atoms with Gasteiger partial charge in [-0.25, -0.2) is 0 Å². The molecule has 0 bridgehead atoms. The summed E-state index contributed by atoms with van der Waals surface area (Å²) in [5, 5.41) is 0. The molecular weight excluding hydrogens is 150 g/mol. The highest BCUT2D eigenvalue weighted by atomic mass is 16.5. The fraction of sp³-hybridized carbons (Fsp3) is 0.300. The molecule has 1 rings (SSSR count). The number of nitrogens with zero attached hydrogens (tertiary/aromatic N) is 1. The van der Waals surface area contributed by atoms with E-state index in [2.05, 4.69) is 17.0 Å². The molecule has 2 heteroatoms. The van der Waals surface area contributed by atoms with Gasteiger partial charge < -0.3 is 9.64 Å². The van der Waals surface area contributed by atoms with Crippen molar-refractivity contribution in [2.75, 3.05) is 26.1 Å². The van der Waals surface area contributed by atoms with Crippen LogP contribution in [0.1, 0.15) is 5.56 Å². The van der Waals surface area contributed by atoms with Crippen LogP contribution in [0, 0.1) is 6.61 Å². The Kier molecular flexibility index (Phi) is 3.11. The first kappa shape index (κ1) is 9.07. The van der Waals surface area contributed by atoms with Gasteiger partial charge in [-0.05, 0) is 17.7 Å². The predicted octanol–water partition coefficient (Wildman–Crippen LogP) is 1.91. The zero-order valence-corrected chi connectivity index (χ0v) is 7.74. The van der Waals surface area contributed by atoms with Gasteiger partial charge in [0.25, 0.3) is 0 Å². The summed E-state index contributed by atoms with van der Waals surface area (Å²) in [5.41, 5.74) is 2.28. The lowest BCUT2D eigenvalue weighted by atomic mass is 10.2. The molecule has 0 fully saturated rings. The van der Waals surface area contributed by atoms with Gasteiger partial charge in [0.15, 0.2) is 0 Å². The van der Waals surface area contributed by atoms with Gasteiger partial charge >= 0.3 is 0 Å². The first-order chi connectivity index (χ1) is 5.74. The monoisotopic (exact) mass is 164 g/mol. The molecule has 1 aromatic rings. The molecule has 0 aromatic heterocycles. The highest BCUT2D eigenvalue weighted by molar-refractivity contribution is 5.46. The molecule has 0 spiro atoms. The van der Waals surface area contributed by atoms with E-state index < -0.39 is 0 Å². The molecule has 65 valence electrons. The van der Waals surface area contributed by atoms with E-state index in [1.165, 1.54) is 5.69 Å². The Morgan fingerprint density at radius 1 is 1.17 bits per heavy atom. The molecule has 1 radical (unpaired) electrons. The van der Waals surface area contributed by atoms with E-state index in [-0.39, 0.29) is 0 Å². The van der Waals surface area contributed by atoms with Crippen LogP contribution in [0.2, 0.25) is 0 Å². The average Bonchev–Trinajstić information content (AvgIpc) is 2.06. The fourth-order valence-corrected chi connectivity index (χ4v) is 0.987. The van der Waals surface area contributed by atoms with Gasteiger partial charge in [0.2, 0.25) is 0 Å². The van der Waals surface area contributed by atoms with Crippen LogP contribution in [0.25, 0.3) is 0 Å². The molecule has 0 saturated carbocycles. The van der Waals surface area contributed by atoms with E-state index in [0.717, 1.165) is 5.56 Å². The minimum atomic E-state index is 1.09. The molecule has 12 heavy (non-hydrogen) atoms. The summed E-state index contributed by atoms with van der Waals surface area (Å²) in [5.74, 6) is 0. The molecule has 0 aliphatic rings. The van der Waals surface area contributed by atoms with Crippen molar-refractivity contribution >= 4 is 5.69 Å². The number of anilines is 1. The SMILES string of the molecule is CO[CH]c1ccc(N(C)C)cc1. The van der Waals surface area contributed by atoms with Crippen molar-refractivity contribution in [1.29, 1.82) is 0 Å². The Morgan fingerprint density at radius 2 is 1.75 bits per heavy atom. The van der Waals surface area contributed by atoms with E-state index in [1.807, 2.05) is 26.2 Å². The number of rotatable bonds is 3. The molecule has 0 atom stereocenters. The molecule has 1 aromatic carbocycles. The largest absolute Gasteiger partial charge is 0.378 e. The Morgan fingerprint density at radius 3 is 2.17 bits per heavy atom. The van der Waals surface area contributed by atoms with Gasteiger partial charge in [0.05, 0.1) is 0 Å². The van der Waals surface area contributed by atoms with E-state index in [9.17, 15) is 0 Å². The molecular formula is C10H14NO. The van der Waals surface area contributed by atoms with Crippen molar-refractivity contribution < 1.29 is 4.74 Å². The maximum atomic E-state index is 4.89. The van der Waals surface area contributed by atoms with Gasteiger partial charge in [0.1, 0.15) is 6.61 Å². The highest BCUT2D eigenvalue weighted by Crippen LogP contribution is 2.12. The lowest BCUT2D eigenvalue weighted by Crippen LogP contribution is -2.08. The van der Waals surface area contributed by atoms with Crippen LogP contribution < -0.4 is 4.90 Å². The maximum absolute atomic E-state index is 4.89. The normalized spacial score (nSPS) is 9.92.